The second-order valence-corrected chi connectivity index (χ2v) is 7.25. The van der Waals surface area contributed by atoms with Crippen LogP contribution in [0, 0.1) is 10.1 Å². The van der Waals surface area contributed by atoms with Crippen molar-refractivity contribution in [1.29, 1.82) is 0 Å². The predicted molar refractivity (Wildman–Crippen MR) is 96.2 cm³/mol. The first-order valence-corrected chi connectivity index (χ1v) is 9.33. The predicted octanol–water partition coefficient (Wildman–Crippen LogP) is 2.55. The minimum absolute atomic E-state index is 0.261. The van der Waals surface area contributed by atoms with Gasteiger partial charge in [-0.1, -0.05) is 0 Å². The number of nitro groups is 1. The molecule has 8 heteroatoms. The number of furan rings is 1. The van der Waals surface area contributed by atoms with Gasteiger partial charge in [0.2, 0.25) is 0 Å². The van der Waals surface area contributed by atoms with E-state index in [9.17, 15) is 10.1 Å². The van der Waals surface area contributed by atoms with Crippen molar-refractivity contribution in [2.24, 2.45) is 0 Å². The molecule has 2 heterocycles. The molecule has 0 saturated carbocycles. The van der Waals surface area contributed by atoms with Gasteiger partial charge < -0.3 is 15.1 Å². The van der Waals surface area contributed by atoms with Crippen molar-refractivity contribution < 1.29 is 9.34 Å². The Bertz CT molecular complexity index is 555. The van der Waals surface area contributed by atoms with Crippen LogP contribution >= 0.6 is 11.8 Å². The maximum atomic E-state index is 10.4. The van der Waals surface area contributed by atoms with Gasteiger partial charge in [0, 0.05) is 19.3 Å². The van der Waals surface area contributed by atoms with Crippen LogP contribution in [0.15, 0.2) is 28.6 Å². The van der Waals surface area contributed by atoms with Crippen molar-refractivity contribution in [2.45, 2.75) is 31.6 Å². The van der Waals surface area contributed by atoms with Crippen LogP contribution in [0.3, 0.4) is 0 Å². The molecule has 0 bridgehead atoms. The standard InChI is InChI=1S/C16H26N4O3S/c1-13(24-10-7-18-16(17-2)12-20(21)22)15-6-5-14(23-15)11-19-8-3-4-9-19/h5-6,12-13,17-18H,3-4,7-11H2,1-2H3. The minimum atomic E-state index is -0.473. The number of thioether (sulfide) groups is 1. The van der Waals surface area contributed by atoms with E-state index in [1.54, 1.807) is 18.8 Å². The van der Waals surface area contributed by atoms with Crippen LogP contribution in [0.2, 0.25) is 0 Å². The smallest absolute Gasteiger partial charge is 0.274 e. The van der Waals surface area contributed by atoms with Crippen LogP contribution in [0.25, 0.3) is 0 Å². The molecule has 1 atom stereocenters. The van der Waals surface area contributed by atoms with E-state index in [4.69, 9.17) is 4.42 Å². The molecule has 1 aliphatic heterocycles. The molecule has 0 amide bonds. The third kappa shape index (κ3) is 6.09. The summed E-state index contributed by atoms with van der Waals surface area (Å²) in [6, 6.07) is 4.13. The highest BCUT2D eigenvalue weighted by atomic mass is 32.2. The first-order chi connectivity index (χ1) is 11.6. The zero-order valence-corrected chi connectivity index (χ0v) is 15.1. The summed E-state index contributed by atoms with van der Waals surface area (Å²) < 4.78 is 5.96. The monoisotopic (exact) mass is 354 g/mol. The minimum Gasteiger partial charge on any atom is -0.464 e. The molecule has 0 spiro atoms. The highest BCUT2D eigenvalue weighted by Crippen LogP contribution is 2.29. The Hall–Kier alpha value is -1.67. The lowest BCUT2D eigenvalue weighted by atomic mass is 10.3. The van der Waals surface area contributed by atoms with Crippen LogP contribution in [0.4, 0.5) is 0 Å². The number of likely N-dealkylation sites (tertiary alicyclic amines) is 1. The van der Waals surface area contributed by atoms with Crippen molar-refractivity contribution in [3.63, 3.8) is 0 Å². The average Bonchev–Trinajstić information content (AvgIpc) is 3.22. The summed E-state index contributed by atoms with van der Waals surface area (Å²) in [5.74, 6) is 3.27. The van der Waals surface area contributed by atoms with Crippen molar-refractivity contribution in [2.75, 3.05) is 32.4 Å². The summed E-state index contributed by atoms with van der Waals surface area (Å²) in [6.07, 6.45) is 3.50. The molecule has 7 nitrogen and oxygen atoms in total. The van der Waals surface area contributed by atoms with Gasteiger partial charge in [0.15, 0.2) is 5.82 Å². The average molecular weight is 354 g/mol. The Morgan fingerprint density at radius 2 is 2.25 bits per heavy atom. The number of nitrogens with zero attached hydrogens (tertiary/aromatic N) is 2. The summed E-state index contributed by atoms with van der Waals surface area (Å²) in [7, 11) is 1.66. The number of rotatable bonds is 10. The zero-order chi connectivity index (χ0) is 17.4. The zero-order valence-electron chi connectivity index (χ0n) is 14.3. The van der Waals surface area contributed by atoms with Gasteiger partial charge in [-0.3, -0.25) is 15.0 Å². The largest absolute Gasteiger partial charge is 0.464 e. The van der Waals surface area contributed by atoms with E-state index in [0.717, 1.165) is 43.1 Å². The van der Waals surface area contributed by atoms with Gasteiger partial charge in [0.05, 0.1) is 16.7 Å². The highest BCUT2D eigenvalue weighted by Gasteiger charge is 2.16. The first-order valence-electron chi connectivity index (χ1n) is 8.28. The van der Waals surface area contributed by atoms with Crippen LogP contribution in [0.5, 0.6) is 0 Å². The molecule has 1 fully saturated rings. The molecule has 1 aromatic rings. The molecule has 2 rings (SSSR count). The van der Waals surface area contributed by atoms with Gasteiger partial charge in [0.25, 0.3) is 6.20 Å². The van der Waals surface area contributed by atoms with Gasteiger partial charge >= 0.3 is 0 Å². The maximum absolute atomic E-state index is 10.4. The highest BCUT2D eigenvalue weighted by molar-refractivity contribution is 7.99. The number of nitrogens with one attached hydrogen (secondary N) is 2. The summed E-state index contributed by atoms with van der Waals surface area (Å²) >= 11 is 1.76. The quantitative estimate of drug-likeness (QED) is 0.379. The second-order valence-electron chi connectivity index (χ2n) is 5.81. The summed E-state index contributed by atoms with van der Waals surface area (Å²) in [5.41, 5.74) is 0. The fourth-order valence-electron chi connectivity index (χ4n) is 2.67. The van der Waals surface area contributed by atoms with Crippen molar-refractivity contribution in [3.8, 4) is 0 Å². The van der Waals surface area contributed by atoms with E-state index in [0.29, 0.717) is 12.4 Å². The molecule has 1 saturated heterocycles. The molecule has 0 radical (unpaired) electrons. The second kappa shape index (κ2) is 9.58. The van der Waals surface area contributed by atoms with Crippen molar-refractivity contribution in [3.05, 3.63) is 45.8 Å². The molecule has 0 aliphatic carbocycles. The Balaban J connectivity index is 1.71. The molecule has 0 aromatic carbocycles. The van der Waals surface area contributed by atoms with Crippen LogP contribution in [-0.2, 0) is 6.54 Å². The Labute approximate surface area is 147 Å². The van der Waals surface area contributed by atoms with Gasteiger partial charge in [-0.25, -0.2) is 0 Å². The third-order valence-corrected chi connectivity index (χ3v) is 5.12. The lowest BCUT2D eigenvalue weighted by Gasteiger charge is -2.13. The van der Waals surface area contributed by atoms with E-state index in [2.05, 4.69) is 34.6 Å². The molecular formula is C16H26N4O3S. The van der Waals surface area contributed by atoms with Crippen LogP contribution < -0.4 is 10.6 Å². The van der Waals surface area contributed by atoms with Crippen LogP contribution in [-0.4, -0.2) is 42.3 Å². The normalized spacial score (nSPS) is 17.0. The summed E-state index contributed by atoms with van der Waals surface area (Å²) in [5, 5.41) is 16.5. The van der Waals surface area contributed by atoms with E-state index in [1.807, 2.05) is 0 Å². The summed E-state index contributed by atoms with van der Waals surface area (Å²) in [6.45, 7) is 6.00. The molecule has 1 unspecified atom stereocenters. The number of hydrogen-bond donors (Lipinski definition) is 2. The molecule has 134 valence electrons. The first kappa shape index (κ1) is 18.7. The lowest BCUT2D eigenvalue weighted by Crippen LogP contribution is -2.26. The molecule has 1 aliphatic rings. The molecule has 1 aromatic heterocycles. The molecular weight excluding hydrogens is 328 g/mol. The van der Waals surface area contributed by atoms with Crippen LogP contribution in [0.1, 0.15) is 36.5 Å². The summed E-state index contributed by atoms with van der Waals surface area (Å²) in [4.78, 5) is 12.4. The Kier molecular flexibility index (Phi) is 7.45. The topological polar surface area (TPSA) is 83.6 Å². The van der Waals surface area contributed by atoms with E-state index in [1.165, 1.54) is 12.8 Å². The molecule has 24 heavy (non-hydrogen) atoms. The van der Waals surface area contributed by atoms with E-state index in [-0.39, 0.29) is 5.25 Å². The van der Waals surface area contributed by atoms with Gasteiger partial charge in [-0.05, 0) is 45.0 Å². The molecule has 2 N–H and O–H groups in total. The van der Waals surface area contributed by atoms with Gasteiger partial charge in [0.1, 0.15) is 11.5 Å². The van der Waals surface area contributed by atoms with Gasteiger partial charge in [-0.15, -0.1) is 11.8 Å². The lowest BCUT2D eigenvalue weighted by molar-refractivity contribution is -0.404. The number of hydrogen-bond acceptors (Lipinski definition) is 7. The Morgan fingerprint density at radius 3 is 2.92 bits per heavy atom. The van der Waals surface area contributed by atoms with Crippen molar-refractivity contribution >= 4 is 11.8 Å². The maximum Gasteiger partial charge on any atom is 0.274 e. The third-order valence-electron chi connectivity index (χ3n) is 3.95. The van der Waals surface area contributed by atoms with Gasteiger partial charge in [-0.2, -0.15) is 0 Å². The fourth-order valence-corrected chi connectivity index (χ4v) is 3.53. The van der Waals surface area contributed by atoms with Crippen molar-refractivity contribution in [1.82, 2.24) is 15.5 Å². The Morgan fingerprint density at radius 1 is 1.50 bits per heavy atom. The van der Waals surface area contributed by atoms with E-state index >= 15 is 0 Å². The SMILES string of the molecule is CNC(=C[N+](=O)[O-])NCCSC(C)c1ccc(CN2CCCC2)o1. The fraction of sp³-hybridized carbons (Fsp3) is 0.625. The van der Waals surface area contributed by atoms with E-state index < -0.39 is 4.92 Å².